The van der Waals surface area contributed by atoms with Crippen LogP contribution >= 0.6 is 0 Å². The highest BCUT2D eigenvalue weighted by molar-refractivity contribution is 5.98. The maximum absolute atomic E-state index is 14.1. The predicted octanol–water partition coefficient (Wildman–Crippen LogP) is 3.91. The first-order chi connectivity index (χ1) is 16.7. The number of benzene rings is 1. The second kappa shape index (κ2) is 11.4. The second-order valence-electron chi connectivity index (χ2n) is 9.63. The molecule has 1 unspecified atom stereocenters. The largest absolute Gasteiger partial charge is 0.343 e. The van der Waals surface area contributed by atoms with Crippen LogP contribution in [0, 0.1) is 11.3 Å². The molecule has 1 aromatic carbocycles. The number of aromatic nitrogens is 1. The third-order valence-corrected chi connectivity index (χ3v) is 7.65. The Hall–Kier alpha value is -3.26. The van der Waals surface area contributed by atoms with Crippen LogP contribution < -0.4 is 10.6 Å². The van der Waals surface area contributed by atoms with Crippen molar-refractivity contribution < 1.29 is 19.6 Å². The molecule has 0 fully saturated rings. The van der Waals surface area contributed by atoms with Crippen molar-refractivity contribution in [2.45, 2.75) is 71.4 Å². The summed E-state index contributed by atoms with van der Waals surface area (Å²) in [5, 5.41) is 16.7. The van der Waals surface area contributed by atoms with E-state index in [0.29, 0.717) is 23.7 Å². The third kappa shape index (κ3) is 5.53. The molecular formula is C27H36N4O4. The van der Waals surface area contributed by atoms with Crippen LogP contribution in [0.4, 0.5) is 5.82 Å². The van der Waals surface area contributed by atoms with E-state index in [9.17, 15) is 19.6 Å². The summed E-state index contributed by atoms with van der Waals surface area (Å²) in [7, 11) is 0. The van der Waals surface area contributed by atoms with E-state index in [-0.39, 0.29) is 23.7 Å². The SMILES string of the molecule is CC[C@H](C)[C@H](NC(=O)[C@](C)(C1CCCc2ccccc21)[C@H](C)N(O)C=O)C(=O)Nc1ccccn1. The molecule has 3 rings (SSSR count). The Balaban J connectivity index is 1.97. The minimum atomic E-state index is -1.19. The van der Waals surface area contributed by atoms with Gasteiger partial charge in [-0.05, 0) is 62.3 Å². The fraction of sp³-hybridized carbons (Fsp3) is 0.481. The number of fused-ring (bicyclic) bond motifs is 1. The number of pyridine rings is 1. The lowest BCUT2D eigenvalue weighted by atomic mass is 9.63. The lowest BCUT2D eigenvalue weighted by Gasteiger charge is -2.45. The second-order valence-corrected chi connectivity index (χ2v) is 9.63. The van der Waals surface area contributed by atoms with Crippen molar-refractivity contribution in [1.29, 1.82) is 0 Å². The zero-order valence-electron chi connectivity index (χ0n) is 20.9. The normalized spacial score (nSPS) is 19.3. The van der Waals surface area contributed by atoms with E-state index in [1.165, 1.54) is 0 Å². The van der Waals surface area contributed by atoms with Crippen LogP contribution in [0.5, 0.6) is 0 Å². The molecule has 188 valence electrons. The van der Waals surface area contributed by atoms with Gasteiger partial charge in [-0.1, -0.05) is 50.6 Å². The first-order valence-electron chi connectivity index (χ1n) is 12.3. The Kier molecular flexibility index (Phi) is 8.62. The Labute approximate surface area is 207 Å². The van der Waals surface area contributed by atoms with Crippen LogP contribution in [-0.4, -0.2) is 45.6 Å². The first-order valence-corrected chi connectivity index (χ1v) is 12.3. The average molecular weight is 481 g/mol. The standard InChI is InChI=1S/C27H36N4O4/c1-5-18(2)24(25(33)29-23-15-8-9-16-28-23)30-26(34)27(4,19(3)31(35)17-32)22-14-10-12-20-11-6-7-13-21(20)22/h6-9,11,13,15-19,22,24,35H,5,10,12,14H2,1-4H3,(H,30,34)(H,28,29,33)/t18-,19-,22?,24-,27-/m0/s1. The van der Waals surface area contributed by atoms with Gasteiger partial charge in [0, 0.05) is 12.1 Å². The van der Waals surface area contributed by atoms with E-state index in [0.717, 1.165) is 30.4 Å². The molecule has 5 atom stereocenters. The van der Waals surface area contributed by atoms with Gasteiger partial charge in [-0.15, -0.1) is 0 Å². The van der Waals surface area contributed by atoms with Crippen molar-refractivity contribution in [3.05, 3.63) is 59.8 Å². The molecule has 8 heteroatoms. The van der Waals surface area contributed by atoms with Gasteiger partial charge in [0.15, 0.2) is 0 Å². The predicted molar refractivity (Wildman–Crippen MR) is 134 cm³/mol. The molecule has 3 amide bonds. The molecule has 3 N–H and O–H groups in total. The Morgan fingerprint density at radius 1 is 1.23 bits per heavy atom. The number of aryl methyl sites for hydroxylation is 1. The van der Waals surface area contributed by atoms with Gasteiger partial charge in [-0.3, -0.25) is 19.6 Å². The molecule has 1 heterocycles. The van der Waals surface area contributed by atoms with E-state index >= 15 is 0 Å². The molecule has 1 aliphatic carbocycles. The number of carbonyl (C=O) groups excluding carboxylic acids is 3. The summed E-state index contributed by atoms with van der Waals surface area (Å²) in [6, 6.07) is 11.6. The molecule has 0 saturated carbocycles. The third-order valence-electron chi connectivity index (χ3n) is 7.65. The topological polar surface area (TPSA) is 112 Å². The summed E-state index contributed by atoms with van der Waals surface area (Å²) in [6.45, 7) is 7.30. The van der Waals surface area contributed by atoms with Crippen LogP contribution in [0.2, 0.25) is 0 Å². The summed E-state index contributed by atoms with van der Waals surface area (Å²) in [5.41, 5.74) is 1.01. The monoisotopic (exact) mass is 480 g/mol. The smallest absolute Gasteiger partial charge is 0.248 e. The highest BCUT2D eigenvalue weighted by atomic mass is 16.5. The molecule has 0 aliphatic heterocycles. The fourth-order valence-electron chi connectivity index (χ4n) is 5.02. The van der Waals surface area contributed by atoms with Gasteiger partial charge in [-0.25, -0.2) is 10.0 Å². The fourth-order valence-corrected chi connectivity index (χ4v) is 5.02. The molecule has 0 radical (unpaired) electrons. The van der Waals surface area contributed by atoms with E-state index < -0.39 is 17.5 Å². The number of hydrogen-bond donors (Lipinski definition) is 3. The molecule has 2 aromatic rings. The van der Waals surface area contributed by atoms with Gasteiger partial charge >= 0.3 is 0 Å². The van der Waals surface area contributed by atoms with Crippen LogP contribution in [0.3, 0.4) is 0 Å². The molecule has 0 saturated heterocycles. The molecule has 8 nitrogen and oxygen atoms in total. The van der Waals surface area contributed by atoms with E-state index in [1.54, 1.807) is 38.2 Å². The van der Waals surface area contributed by atoms with E-state index in [2.05, 4.69) is 21.7 Å². The van der Waals surface area contributed by atoms with Crippen LogP contribution in [-0.2, 0) is 20.8 Å². The number of nitrogens with zero attached hydrogens (tertiary/aromatic N) is 2. The van der Waals surface area contributed by atoms with E-state index in [1.807, 2.05) is 32.0 Å². The quantitative estimate of drug-likeness (QED) is 0.271. The summed E-state index contributed by atoms with van der Waals surface area (Å²) in [4.78, 5) is 42.9. The van der Waals surface area contributed by atoms with Gasteiger partial charge in [0.1, 0.15) is 11.9 Å². The van der Waals surface area contributed by atoms with Crippen LogP contribution in [0.15, 0.2) is 48.7 Å². The van der Waals surface area contributed by atoms with Crippen LogP contribution in [0.25, 0.3) is 0 Å². The zero-order chi connectivity index (χ0) is 25.6. The van der Waals surface area contributed by atoms with Crippen molar-refractivity contribution in [3.8, 4) is 0 Å². The Bertz CT molecular complexity index is 1030. The number of amides is 3. The molecular weight excluding hydrogens is 444 g/mol. The summed E-state index contributed by atoms with van der Waals surface area (Å²) >= 11 is 0. The lowest BCUT2D eigenvalue weighted by molar-refractivity contribution is -0.176. The van der Waals surface area contributed by atoms with Gasteiger partial charge < -0.3 is 10.6 Å². The van der Waals surface area contributed by atoms with Gasteiger partial charge in [0.2, 0.25) is 18.2 Å². The van der Waals surface area contributed by atoms with Crippen molar-refractivity contribution in [3.63, 3.8) is 0 Å². The molecule has 1 aliphatic rings. The van der Waals surface area contributed by atoms with Gasteiger partial charge in [-0.2, -0.15) is 0 Å². The van der Waals surface area contributed by atoms with Gasteiger partial charge in [0.25, 0.3) is 0 Å². The Morgan fingerprint density at radius 3 is 2.60 bits per heavy atom. The number of rotatable bonds is 10. The number of carbonyl (C=O) groups is 3. The summed E-state index contributed by atoms with van der Waals surface area (Å²) < 4.78 is 0. The minimum absolute atomic E-state index is 0.155. The number of hydrogen-bond acceptors (Lipinski definition) is 5. The lowest BCUT2D eigenvalue weighted by Crippen LogP contribution is -2.59. The van der Waals surface area contributed by atoms with Crippen molar-refractivity contribution >= 4 is 24.0 Å². The maximum Gasteiger partial charge on any atom is 0.248 e. The minimum Gasteiger partial charge on any atom is -0.343 e. The molecule has 0 bridgehead atoms. The van der Waals surface area contributed by atoms with Crippen molar-refractivity contribution in [2.24, 2.45) is 11.3 Å². The number of hydroxylamine groups is 2. The molecule has 0 spiro atoms. The Morgan fingerprint density at radius 2 is 1.94 bits per heavy atom. The number of anilines is 1. The first kappa shape index (κ1) is 26.3. The van der Waals surface area contributed by atoms with E-state index in [4.69, 9.17) is 0 Å². The van der Waals surface area contributed by atoms with Crippen LogP contribution in [0.1, 0.15) is 64.0 Å². The summed E-state index contributed by atoms with van der Waals surface area (Å²) in [5.74, 6) is -0.735. The van der Waals surface area contributed by atoms with Crippen molar-refractivity contribution in [2.75, 3.05) is 5.32 Å². The number of nitrogens with one attached hydrogen (secondary N) is 2. The zero-order valence-corrected chi connectivity index (χ0v) is 20.9. The highest BCUT2D eigenvalue weighted by Gasteiger charge is 2.50. The highest BCUT2D eigenvalue weighted by Crippen LogP contribution is 2.47. The average Bonchev–Trinajstić information content (AvgIpc) is 2.89. The molecule has 1 aromatic heterocycles. The van der Waals surface area contributed by atoms with Gasteiger partial charge in [0.05, 0.1) is 11.5 Å². The van der Waals surface area contributed by atoms with Crippen molar-refractivity contribution in [1.82, 2.24) is 15.4 Å². The summed E-state index contributed by atoms with van der Waals surface area (Å²) in [6.07, 6.45) is 5.10. The molecule has 35 heavy (non-hydrogen) atoms. The maximum atomic E-state index is 14.1.